The lowest BCUT2D eigenvalue weighted by Crippen LogP contribution is -2.44. The van der Waals surface area contributed by atoms with Gasteiger partial charge in [-0.05, 0) is 25.4 Å². The molecule has 1 aliphatic rings. The lowest BCUT2D eigenvalue weighted by atomic mass is 10.2. The summed E-state index contributed by atoms with van der Waals surface area (Å²) in [6.45, 7) is 5.78. The molecule has 1 atom stereocenters. The Morgan fingerprint density at radius 1 is 1.60 bits per heavy atom. The third kappa shape index (κ3) is 2.91. The number of ether oxygens (including phenoxy) is 1. The summed E-state index contributed by atoms with van der Waals surface area (Å²) in [4.78, 5) is 20.7. The van der Waals surface area contributed by atoms with Crippen LogP contribution in [0, 0.1) is 10.1 Å². The minimum Gasteiger partial charge on any atom is -0.377 e. The number of rotatable bonds is 4. The van der Waals surface area contributed by atoms with E-state index in [2.05, 4.69) is 15.3 Å². The molecule has 9 heteroatoms. The molecule has 20 heavy (non-hydrogen) atoms. The standard InChI is InChI=1S/C11H16ClN5O3/c1-3-13-9-8(17(18)19)10(15-11(12)14-9)16-4-5-20-6-7(16)2/h7H,3-6H2,1-2H3,(H,13,14,15)/t7-/m0/s1. The van der Waals surface area contributed by atoms with E-state index in [9.17, 15) is 10.1 Å². The Morgan fingerprint density at radius 3 is 2.95 bits per heavy atom. The molecule has 0 spiro atoms. The Hall–Kier alpha value is -1.67. The third-order valence-corrected chi connectivity index (χ3v) is 3.17. The number of anilines is 2. The van der Waals surface area contributed by atoms with Gasteiger partial charge in [0.15, 0.2) is 0 Å². The maximum atomic E-state index is 11.4. The number of nitro groups is 1. The molecule has 0 aromatic carbocycles. The number of aromatic nitrogens is 2. The number of hydrogen-bond donors (Lipinski definition) is 1. The second kappa shape index (κ2) is 6.19. The molecule has 110 valence electrons. The van der Waals surface area contributed by atoms with Gasteiger partial charge in [0, 0.05) is 13.1 Å². The SMILES string of the molecule is CCNc1nc(Cl)nc(N2CCOC[C@@H]2C)c1[N+](=O)[O-]. The van der Waals surface area contributed by atoms with Crippen LogP contribution in [0.2, 0.25) is 5.28 Å². The molecular weight excluding hydrogens is 286 g/mol. The van der Waals surface area contributed by atoms with Crippen LogP contribution >= 0.6 is 11.6 Å². The van der Waals surface area contributed by atoms with Crippen LogP contribution in [0.15, 0.2) is 0 Å². The molecule has 1 aliphatic heterocycles. The number of morpholine rings is 1. The first kappa shape index (κ1) is 14.7. The lowest BCUT2D eigenvalue weighted by Gasteiger charge is -2.33. The molecule has 1 saturated heterocycles. The fourth-order valence-electron chi connectivity index (χ4n) is 2.12. The summed E-state index contributed by atoms with van der Waals surface area (Å²) < 4.78 is 5.34. The molecule has 8 nitrogen and oxygen atoms in total. The van der Waals surface area contributed by atoms with E-state index < -0.39 is 4.92 Å². The molecule has 0 radical (unpaired) electrons. The van der Waals surface area contributed by atoms with Crippen LogP contribution in [0.1, 0.15) is 13.8 Å². The smallest absolute Gasteiger partial charge is 0.353 e. The van der Waals surface area contributed by atoms with Crippen LogP contribution < -0.4 is 10.2 Å². The van der Waals surface area contributed by atoms with Gasteiger partial charge in [-0.1, -0.05) is 0 Å². The van der Waals surface area contributed by atoms with Crippen LogP contribution in [-0.4, -0.2) is 47.2 Å². The number of nitrogens with one attached hydrogen (secondary N) is 1. The molecule has 1 fully saturated rings. The first-order valence-corrected chi connectivity index (χ1v) is 6.72. The van der Waals surface area contributed by atoms with Crippen LogP contribution in [0.25, 0.3) is 0 Å². The summed E-state index contributed by atoms with van der Waals surface area (Å²) in [6.07, 6.45) is 0. The van der Waals surface area contributed by atoms with E-state index in [0.29, 0.717) is 26.3 Å². The van der Waals surface area contributed by atoms with Crippen molar-refractivity contribution in [1.82, 2.24) is 9.97 Å². The average Bonchev–Trinajstić information content (AvgIpc) is 2.38. The highest BCUT2D eigenvalue weighted by molar-refractivity contribution is 6.28. The Bertz CT molecular complexity index is 513. The van der Waals surface area contributed by atoms with Gasteiger partial charge in [-0.15, -0.1) is 0 Å². The van der Waals surface area contributed by atoms with Gasteiger partial charge in [0.2, 0.25) is 16.9 Å². The Morgan fingerprint density at radius 2 is 2.35 bits per heavy atom. The zero-order valence-corrected chi connectivity index (χ0v) is 12.1. The van der Waals surface area contributed by atoms with Gasteiger partial charge in [-0.3, -0.25) is 10.1 Å². The van der Waals surface area contributed by atoms with E-state index in [4.69, 9.17) is 16.3 Å². The second-order valence-electron chi connectivity index (χ2n) is 4.42. The van der Waals surface area contributed by atoms with E-state index in [1.165, 1.54) is 0 Å². The highest BCUT2D eigenvalue weighted by Gasteiger charge is 2.31. The average molecular weight is 302 g/mol. The highest BCUT2D eigenvalue weighted by atomic mass is 35.5. The summed E-state index contributed by atoms with van der Waals surface area (Å²) >= 11 is 5.89. The van der Waals surface area contributed by atoms with E-state index in [0.717, 1.165) is 0 Å². The van der Waals surface area contributed by atoms with Gasteiger partial charge in [0.25, 0.3) is 0 Å². The molecule has 0 unspecified atom stereocenters. The van der Waals surface area contributed by atoms with Crippen molar-refractivity contribution in [2.45, 2.75) is 19.9 Å². The maximum Gasteiger partial charge on any atom is 0.353 e. The van der Waals surface area contributed by atoms with Gasteiger partial charge in [0.1, 0.15) is 0 Å². The van der Waals surface area contributed by atoms with Gasteiger partial charge in [-0.2, -0.15) is 9.97 Å². The second-order valence-corrected chi connectivity index (χ2v) is 4.76. The minimum absolute atomic E-state index is 0.0112. The fraction of sp³-hybridized carbons (Fsp3) is 0.636. The van der Waals surface area contributed by atoms with E-state index in [1.807, 2.05) is 18.7 Å². The summed E-state index contributed by atoms with van der Waals surface area (Å²) in [5.74, 6) is 0.382. The molecule has 1 aromatic heterocycles. The summed E-state index contributed by atoms with van der Waals surface area (Å²) in [5, 5.41) is 14.2. The molecule has 2 rings (SSSR count). The van der Waals surface area contributed by atoms with E-state index >= 15 is 0 Å². The molecular formula is C11H16ClN5O3. The topological polar surface area (TPSA) is 93.4 Å². The van der Waals surface area contributed by atoms with Gasteiger partial charge in [0.05, 0.1) is 24.2 Å². The number of hydrogen-bond acceptors (Lipinski definition) is 7. The Balaban J connectivity index is 2.52. The predicted octanol–water partition coefficient (Wildman–Crippen LogP) is 1.70. The first-order chi connectivity index (χ1) is 9.54. The van der Waals surface area contributed by atoms with Crippen molar-refractivity contribution in [3.8, 4) is 0 Å². The maximum absolute atomic E-state index is 11.4. The first-order valence-electron chi connectivity index (χ1n) is 6.34. The molecule has 1 N–H and O–H groups in total. The Labute approximate surface area is 121 Å². The largest absolute Gasteiger partial charge is 0.377 e. The third-order valence-electron chi connectivity index (χ3n) is 3.00. The highest BCUT2D eigenvalue weighted by Crippen LogP contribution is 2.35. The molecule has 1 aromatic rings. The van der Waals surface area contributed by atoms with Crippen molar-refractivity contribution in [2.75, 3.05) is 36.5 Å². The van der Waals surface area contributed by atoms with Crippen molar-refractivity contribution in [3.05, 3.63) is 15.4 Å². The number of halogens is 1. The minimum atomic E-state index is -0.480. The Kier molecular flexibility index (Phi) is 4.56. The van der Waals surface area contributed by atoms with E-state index in [1.54, 1.807) is 0 Å². The van der Waals surface area contributed by atoms with Crippen molar-refractivity contribution >= 4 is 28.9 Å². The summed E-state index contributed by atoms with van der Waals surface area (Å²) in [6, 6.07) is -0.0112. The van der Waals surface area contributed by atoms with Crippen molar-refractivity contribution < 1.29 is 9.66 Å². The molecule has 0 bridgehead atoms. The quantitative estimate of drug-likeness (QED) is 0.514. The van der Waals surface area contributed by atoms with Gasteiger partial charge >= 0.3 is 5.69 Å². The zero-order chi connectivity index (χ0) is 14.7. The summed E-state index contributed by atoms with van der Waals surface area (Å²) in [5.41, 5.74) is -0.148. The van der Waals surface area contributed by atoms with Crippen LogP contribution in [0.4, 0.5) is 17.3 Å². The molecule has 0 aliphatic carbocycles. The van der Waals surface area contributed by atoms with E-state index in [-0.39, 0.29) is 28.6 Å². The van der Waals surface area contributed by atoms with Crippen molar-refractivity contribution in [3.63, 3.8) is 0 Å². The zero-order valence-electron chi connectivity index (χ0n) is 11.3. The number of nitrogens with zero attached hydrogens (tertiary/aromatic N) is 4. The normalized spacial score (nSPS) is 18.9. The molecule has 0 amide bonds. The monoisotopic (exact) mass is 301 g/mol. The lowest BCUT2D eigenvalue weighted by molar-refractivity contribution is -0.383. The van der Waals surface area contributed by atoms with Gasteiger partial charge < -0.3 is 15.0 Å². The van der Waals surface area contributed by atoms with Crippen LogP contribution in [0.5, 0.6) is 0 Å². The molecule has 0 saturated carbocycles. The molecule has 2 heterocycles. The fourth-order valence-corrected chi connectivity index (χ4v) is 2.28. The predicted molar refractivity (Wildman–Crippen MR) is 75.5 cm³/mol. The summed E-state index contributed by atoms with van der Waals surface area (Å²) in [7, 11) is 0. The van der Waals surface area contributed by atoms with Crippen LogP contribution in [-0.2, 0) is 4.74 Å². The van der Waals surface area contributed by atoms with Crippen LogP contribution in [0.3, 0.4) is 0 Å². The van der Waals surface area contributed by atoms with Crippen molar-refractivity contribution in [2.24, 2.45) is 0 Å². The van der Waals surface area contributed by atoms with Gasteiger partial charge in [-0.25, -0.2) is 0 Å². The van der Waals surface area contributed by atoms with Crippen molar-refractivity contribution in [1.29, 1.82) is 0 Å².